The summed E-state index contributed by atoms with van der Waals surface area (Å²) in [6.07, 6.45) is 0. The van der Waals surface area contributed by atoms with Gasteiger partial charge in [-0.2, -0.15) is 0 Å². The average molecular weight is 271 g/mol. The summed E-state index contributed by atoms with van der Waals surface area (Å²) >= 11 is 6.44. The van der Waals surface area contributed by atoms with Crippen LogP contribution in [0.5, 0.6) is 11.5 Å². The Bertz CT molecular complexity index is 443. The van der Waals surface area contributed by atoms with Gasteiger partial charge >= 0.3 is 0 Å². The van der Waals surface area contributed by atoms with Crippen LogP contribution in [0.3, 0.4) is 0 Å². The highest BCUT2D eigenvalue weighted by atomic mass is 35.5. The van der Waals surface area contributed by atoms with Crippen LogP contribution >= 0.6 is 11.6 Å². The Balaban J connectivity index is 2.61. The first-order chi connectivity index (χ1) is 8.56. The van der Waals surface area contributed by atoms with Gasteiger partial charge in [-0.1, -0.05) is 32.4 Å². The smallest absolute Gasteiger partial charge is 0.180 e. The lowest BCUT2D eigenvalue weighted by Crippen LogP contribution is -2.17. The number of hydrogen-bond acceptors (Lipinski definition) is 3. The highest BCUT2D eigenvalue weighted by Crippen LogP contribution is 2.45. The van der Waals surface area contributed by atoms with E-state index in [1.807, 2.05) is 13.0 Å². The molecule has 100 valence electrons. The van der Waals surface area contributed by atoms with E-state index in [-0.39, 0.29) is 18.4 Å². The molecule has 0 saturated heterocycles. The quantitative estimate of drug-likeness (QED) is 0.916. The molecule has 1 unspecified atom stereocenters. The van der Waals surface area contributed by atoms with Crippen molar-refractivity contribution in [1.82, 2.24) is 0 Å². The first-order valence-electron chi connectivity index (χ1n) is 6.29. The third kappa shape index (κ3) is 2.29. The highest BCUT2D eigenvalue weighted by Gasteiger charge is 2.25. The van der Waals surface area contributed by atoms with E-state index in [1.54, 1.807) is 0 Å². The second kappa shape index (κ2) is 5.37. The summed E-state index contributed by atoms with van der Waals surface area (Å²) in [6.45, 7) is 7.32. The van der Waals surface area contributed by atoms with E-state index in [1.165, 1.54) is 0 Å². The zero-order valence-electron chi connectivity index (χ0n) is 11.0. The maximum Gasteiger partial charge on any atom is 0.180 e. The molecule has 0 fully saturated rings. The van der Waals surface area contributed by atoms with E-state index in [9.17, 15) is 5.11 Å². The van der Waals surface area contributed by atoms with Gasteiger partial charge in [0.25, 0.3) is 0 Å². The van der Waals surface area contributed by atoms with Crippen LogP contribution in [0.4, 0.5) is 0 Å². The predicted molar refractivity (Wildman–Crippen MR) is 72.0 cm³/mol. The minimum Gasteiger partial charge on any atom is -0.486 e. The number of aliphatic hydroxyl groups excluding tert-OH is 1. The van der Waals surface area contributed by atoms with Gasteiger partial charge in [0.2, 0.25) is 0 Å². The van der Waals surface area contributed by atoms with Crippen molar-refractivity contribution < 1.29 is 14.6 Å². The van der Waals surface area contributed by atoms with E-state index in [0.29, 0.717) is 29.7 Å². The summed E-state index contributed by atoms with van der Waals surface area (Å²) in [6, 6.07) is 1.95. The van der Waals surface area contributed by atoms with Crippen molar-refractivity contribution in [2.75, 3.05) is 19.8 Å². The molecule has 1 heterocycles. The Morgan fingerprint density at radius 3 is 2.56 bits per heavy atom. The van der Waals surface area contributed by atoms with Crippen molar-refractivity contribution in [3.63, 3.8) is 0 Å². The van der Waals surface area contributed by atoms with E-state index in [2.05, 4.69) is 13.8 Å². The summed E-state index contributed by atoms with van der Waals surface area (Å²) in [5.74, 6) is 1.64. The van der Waals surface area contributed by atoms with E-state index in [4.69, 9.17) is 21.1 Å². The lowest BCUT2D eigenvalue weighted by atomic mass is 9.89. The lowest BCUT2D eigenvalue weighted by Gasteiger charge is -2.26. The molecular formula is C14H19ClO3. The molecule has 1 aromatic rings. The fourth-order valence-corrected chi connectivity index (χ4v) is 2.75. The van der Waals surface area contributed by atoms with Gasteiger partial charge in [0, 0.05) is 12.5 Å². The van der Waals surface area contributed by atoms with Crippen LogP contribution in [-0.4, -0.2) is 24.9 Å². The third-order valence-electron chi connectivity index (χ3n) is 3.23. The predicted octanol–water partition coefficient (Wildman–Crippen LogP) is 3.33. The molecule has 3 nitrogen and oxygen atoms in total. The molecule has 0 bridgehead atoms. The minimum atomic E-state index is 0.0377. The van der Waals surface area contributed by atoms with Gasteiger partial charge in [0.05, 0.1) is 5.02 Å². The molecule has 0 aliphatic carbocycles. The van der Waals surface area contributed by atoms with Gasteiger partial charge in [0.1, 0.15) is 13.2 Å². The monoisotopic (exact) mass is 270 g/mol. The van der Waals surface area contributed by atoms with Crippen LogP contribution < -0.4 is 9.47 Å². The van der Waals surface area contributed by atoms with Gasteiger partial charge < -0.3 is 14.6 Å². The number of fused-ring (bicyclic) bond motifs is 1. The fourth-order valence-electron chi connectivity index (χ4n) is 2.27. The summed E-state index contributed by atoms with van der Waals surface area (Å²) in [5, 5.41) is 10.00. The molecule has 1 aliphatic rings. The molecule has 0 spiro atoms. The van der Waals surface area contributed by atoms with Crippen LogP contribution in [0.2, 0.25) is 5.02 Å². The SMILES string of the molecule is CC(C)c1c(C(C)CO)cc2c(c1Cl)OCCO2. The molecule has 2 rings (SSSR count). The number of aliphatic hydroxyl groups is 1. The maximum absolute atomic E-state index is 9.37. The maximum atomic E-state index is 9.37. The van der Waals surface area contributed by atoms with Crippen LogP contribution in [0, 0.1) is 0 Å². The fraction of sp³-hybridized carbons (Fsp3) is 0.571. The molecule has 0 saturated carbocycles. The van der Waals surface area contributed by atoms with Crippen LogP contribution in [0.15, 0.2) is 6.07 Å². The Kier molecular flexibility index (Phi) is 4.03. The average Bonchev–Trinajstić information content (AvgIpc) is 2.37. The zero-order valence-corrected chi connectivity index (χ0v) is 11.8. The molecule has 0 aromatic heterocycles. The van der Waals surface area contributed by atoms with E-state index in [0.717, 1.165) is 11.1 Å². The zero-order chi connectivity index (χ0) is 13.3. The van der Waals surface area contributed by atoms with Gasteiger partial charge in [-0.15, -0.1) is 0 Å². The molecule has 4 heteroatoms. The Labute approximate surface area is 113 Å². The highest BCUT2D eigenvalue weighted by molar-refractivity contribution is 6.33. The van der Waals surface area contributed by atoms with E-state index >= 15 is 0 Å². The van der Waals surface area contributed by atoms with E-state index < -0.39 is 0 Å². The minimum absolute atomic E-state index is 0.0377. The van der Waals surface area contributed by atoms with Crippen LogP contribution in [0.25, 0.3) is 0 Å². The topological polar surface area (TPSA) is 38.7 Å². The van der Waals surface area contributed by atoms with Crippen molar-refractivity contribution in [3.05, 3.63) is 22.2 Å². The Morgan fingerprint density at radius 2 is 1.94 bits per heavy atom. The molecular weight excluding hydrogens is 252 g/mol. The van der Waals surface area contributed by atoms with Gasteiger partial charge in [-0.3, -0.25) is 0 Å². The molecule has 0 amide bonds. The lowest BCUT2D eigenvalue weighted by molar-refractivity contribution is 0.171. The molecule has 0 radical (unpaired) electrons. The molecule has 1 atom stereocenters. The van der Waals surface area contributed by atoms with Crippen LogP contribution in [0.1, 0.15) is 43.7 Å². The summed E-state index contributed by atoms with van der Waals surface area (Å²) < 4.78 is 11.2. The van der Waals surface area contributed by atoms with Crippen LogP contribution in [-0.2, 0) is 0 Å². The number of halogens is 1. The number of hydrogen-bond donors (Lipinski definition) is 1. The number of ether oxygens (including phenoxy) is 2. The first kappa shape index (κ1) is 13.5. The summed E-state index contributed by atoms with van der Waals surface area (Å²) in [7, 11) is 0. The van der Waals surface area contributed by atoms with Crippen molar-refractivity contribution in [1.29, 1.82) is 0 Å². The second-order valence-electron chi connectivity index (χ2n) is 4.96. The second-order valence-corrected chi connectivity index (χ2v) is 5.33. The van der Waals surface area contributed by atoms with Gasteiger partial charge in [-0.25, -0.2) is 0 Å². The Morgan fingerprint density at radius 1 is 1.28 bits per heavy atom. The molecule has 1 N–H and O–H groups in total. The molecule has 18 heavy (non-hydrogen) atoms. The van der Waals surface area contributed by atoms with Gasteiger partial charge in [0.15, 0.2) is 11.5 Å². The first-order valence-corrected chi connectivity index (χ1v) is 6.66. The van der Waals surface area contributed by atoms with Crippen molar-refractivity contribution in [3.8, 4) is 11.5 Å². The van der Waals surface area contributed by atoms with Crippen molar-refractivity contribution in [2.45, 2.75) is 32.6 Å². The normalized spacial score (nSPS) is 15.9. The number of rotatable bonds is 3. The van der Waals surface area contributed by atoms with Crippen molar-refractivity contribution >= 4 is 11.6 Å². The van der Waals surface area contributed by atoms with Crippen molar-refractivity contribution in [2.24, 2.45) is 0 Å². The third-order valence-corrected chi connectivity index (χ3v) is 3.60. The standard InChI is InChI=1S/C14H19ClO3/c1-8(2)12-10(9(3)7-16)6-11-14(13(12)15)18-5-4-17-11/h6,8-9,16H,4-5,7H2,1-3H3. The summed E-state index contributed by atoms with van der Waals surface area (Å²) in [5.41, 5.74) is 2.09. The Hall–Kier alpha value is -0.930. The molecule has 1 aromatic carbocycles. The van der Waals surface area contributed by atoms with Gasteiger partial charge in [-0.05, 0) is 23.1 Å². The molecule has 1 aliphatic heterocycles. The number of benzene rings is 1. The largest absolute Gasteiger partial charge is 0.486 e. The summed E-state index contributed by atoms with van der Waals surface area (Å²) in [4.78, 5) is 0.